The number of pyridine rings is 1. The van der Waals surface area contributed by atoms with Crippen molar-refractivity contribution in [1.29, 1.82) is 0 Å². The van der Waals surface area contributed by atoms with Gasteiger partial charge in [0.1, 0.15) is 10.9 Å². The molecular weight excluding hydrogens is 264 g/mol. The lowest BCUT2D eigenvalue weighted by Gasteiger charge is -2.10. The maximum atomic E-state index is 12.1. The molecule has 0 fully saturated rings. The number of benzene rings is 1. The average Bonchev–Trinajstić information content (AvgIpc) is 2.36. The number of halogens is 1. The van der Waals surface area contributed by atoms with Gasteiger partial charge in [0.2, 0.25) is 0 Å². The molecule has 2 N–H and O–H groups in total. The van der Waals surface area contributed by atoms with Crippen molar-refractivity contribution >= 4 is 23.2 Å². The summed E-state index contributed by atoms with van der Waals surface area (Å²) in [7, 11) is 0. The average molecular weight is 277 g/mol. The van der Waals surface area contributed by atoms with Gasteiger partial charge >= 0.3 is 0 Å². The molecule has 1 amide bonds. The molecule has 0 aliphatic carbocycles. The topological polar surface area (TPSA) is 62.2 Å². The lowest BCUT2D eigenvalue weighted by molar-refractivity contribution is 0.102. The van der Waals surface area contributed by atoms with E-state index in [0.717, 1.165) is 5.56 Å². The lowest BCUT2D eigenvalue weighted by Crippen LogP contribution is -2.13. The molecule has 1 aromatic heterocycles. The van der Waals surface area contributed by atoms with Crippen LogP contribution in [0.5, 0.6) is 5.75 Å². The lowest BCUT2D eigenvalue weighted by atomic mass is 10.1. The first kappa shape index (κ1) is 13.4. The number of nitrogens with zero attached hydrogens (tertiary/aromatic N) is 1. The minimum absolute atomic E-state index is 0.0143. The Kier molecular flexibility index (Phi) is 3.71. The number of anilines is 1. The Balaban J connectivity index is 2.28. The number of para-hydroxylation sites is 1. The summed E-state index contributed by atoms with van der Waals surface area (Å²) in [5.74, 6) is -0.395. The van der Waals surface area contributed by atoms with E-state index in [1.165, 1.54) is 6.20 Å². The van der Waals surface area contributed by atoms with Crippen molar-refractivity contribution in [2.75, 3.05) is 5.32 Å². The molecule has 19 heavy (non-hydrogen) atoms. The maximum absolute atomic E-state index is 12.1. The van der Waals surface area contributed by atoms with Gasteiger partial charge in [-0.2, -0.15) is 0 Å². The summed E-state index contributed by atoms with van der Waals surface area (Å²) in [6.45, 7) is 3.56. The van der Waals surface area contributed by atoms with Crippen LogP contribution in [0.1, 0.15) is 21.5 Å². The number of aryl methyl sites for hydroxylation is 2. The Morgan fingerprint density at radius 1 is 1.32 bits per heavy atom. The van der Waals surface area contributed by atoms with Gasteiger partial charge in [0, 0.05) is 0 Å². The van der Waals surface area contributed by atoms with Gasteiger partial charge in [-0.15, -0.1) is 0 Å². The second kappa shape index (κ2) is 5.28. The minimum Gasteiger partial charge on any atom is -0.507 e. The first-order valence-corrected chi connectivity index (χ1v) is 6.09. The number of rotatable bonds is 2. The summed E-state index contributed by atoms with van der Waals surface area (Å²) in [5.41, 5.74) is 2.25. The number of hydrogen-bond donors (Lipinski definition) is 2. The molecule has 0 radical (unpaired) electrons. The number of amides is 1. The SMILES string of the molecule is Cc1cc(Cl)ncc1NC(=O)c1cccc(C)c1O. The predicted molar refractivity (Wildman–Crippen MR) is 74.8 cm³/mol. The molecule has 0 aliphatic rings. The molecule has 1 aromatic carbocycles. The third kappa shape index (κ3) is 2.85. The number of aromatic hydroxyl groups is 1. The van der Waals surface area contributed by atoms with E-state index in [9.17, 15) is 9.90 Å². The molecule has 0 aliphatic heterocycles. The van der Waals surface area contributed by atoms with Crippen LogP contribution in [-0.2, 0) is 0 Å². The van der Waals surface area contributed by atoms with E-state index in [0.29, 0.717) is 16.4 Å². The zero-order valence-electron chi connectivity index (χ0n) is 10.6. The van der Waals surface area contributed by atoms with Crippen LogP contribution in [0.15, 0.2) is 30.5 Å². The van der Waals surface area contributed by atoms with Crippen molar-refractivity contribution in [2.45, 2.75) is 13.8 Å². The highest BCUT2D eigenvalue weighted by Gasteiger charge is 2.13. The van der Waals surface area contributed by atoms with Crippen molar-refractivity contribution < 1.29 is 9.90 Å². The van der Waals surface area contributed by atoms with Gasteiger partial charge in [0.15, 0.2) is 0 Å². The third-order valence-electron chi connectivity index (χ3n) is 2.81. The fraction of sp³-hybridized carbons (Fsp3) is 0.143. The molecular formula is C14H13ClN2O2. The molecule has 98 valence electrons. The van der Waals surface area contributed by atoms with Gasteiger partial charge in [0.25, 0.3) is 5.91 Å². The van der Waals surface area contributed by atoms with Gasteiger partial charge in [-0.3, -0.25) is 4.79 Å². The van der Waals surface area contributed by atoms with E-state index < -0.39 is 0 Å². The summed E-state index contributed by atoms with van der Waals surface area (Å²) >= 11 is 5.75. The van der Waals surface area contributed by atoms with Gasteiger partial charge in [-0.25, -0.2) is 4.98 Å². The summed E-state index contributed by atoms with van der Waals surface area (Å²) in [5, 5.41) is 12.9. The summed E-state index contributed by atoms with van der Waals surface area (Å²) in [6.07, 6.45) is 1.49. The van der Waals surface area contributed by atoms with E-state index in [-0.39, 0.29) is 17.2 Å². The smallest absolute Gasteiger partial charge is 0.259 e. The number of hydrogen-bond acceptors (Lipinski definition) is 3. The Labute approximate surface area is 116 Å². The molecule has 0 bridgehead atoms. The molecule has 2 rings (SSSR count). The van der Waals surface area contributed by atoms with Gasteiger partial charge < -0.3 is 10.4 Å². The normalized spacial score (nSPS) is 10.3. The molecule has 0 spiro atoms. The predicted octanol–water partition coefficient (Wildman–Crippen LogP) is 3.31. The van der Waals surface area contributed by atoms with E-state index in [1.807, 2.05) is 6.92 Å². The van der Waals surface area contributed by atoms with Crippen molar-refractivity contribution in [2.24, 2.45) is 0 Å². The van der Waals surface area contributed by atoms with E-state index in [4.69, 9.17) is 11.6 Å². The van der Waals surface area contributed by atoms with Crippen LogP contribution < -0.4 is 5.32 Å². The van der Waals surface area contributed by atoms with E-state index in [1.54, 1.807) is 31.2 Å². The summed E-state index contributed by atoms with van der Waals surface area (Å²) in [6, 6.07) is 6.68. The van der Waals surface area contributed by atoms with Gasteiger partial charge in [-0.05, 0) is 37.1 Å². The van der Waals surface area contributed by atoms with Crippen molar-refractivity contribution in [3.05, 3.63) is 52.3 Å². The fourth-order valence-electron chi connectivity index (χ4n) is 1.68. The van der Waals surface area contributed by atoms with Crippen molar-refractivity contribution in [3.63, 3.8) is 0 Å². The monoisotopic (exact) mass is 276 g/mol. The Hall–Kier alpha value is -2.07. The highest BCUT2D eigenvalue weighted by Crippen LogP contribution is 2.23. The van der Waals surface area contributed by atoms with Crippen LogP contribution in [0.3, 0.4) is 0 Å². The van der Waals surface area contributed by atoms with Crippen LogP contribution in [0.4, 0.5) is 5.69 Å². The van der Waals surface area contributed by atoms with Crippen LogP contribution in [0, 0.1) is 13.8 Å². The maximum Gasteiger partial charge on any atom is 0.259 e. The van der Waals surface area contributed by atoms with Gasteiger partial charge in [-0.1, -0.05) is 23.7 Å². The molecule has 0 saturated heterocycles. The first-order valence-electron chi connectivity index (χ1n) is 5.71. The molecule has 5 heteroatoms. The summed E-state index contributed by atoms with van der Waals surface area (Å²) in [4.78, 5) is 16.0. The van der Waals surface area contributed by atoms with Crippen molar-refractivity contribution in [3.8, 4) is 5.75 Å². The molecule has 2 aromatic rings. The number of carbonyl (C=O) groups is 1. The highest BCUT2D eigenvalue weighted by atomic mass is 35.5. The van der Waals surface area contributed by atoms with Crippen LogP contribution >= 0.6 is 11.6 Å². The number of carbonyl (C=O) groups excluding carboxylic acids is 1. The van der Waals surface area contributed by atoms with Crippen molar-refractivity contribution in [1.82, 2.24) is 4.98 Å². The number of phenols is 1. The van der Waals surface area contributed by atoms with E-state index in [2.05, 4.69) is 10.3 Å². The van der Waals surface area contributed by atoms with E-state index >= 15 is 0 Å². The largest absolute Gasteiger partial charge is 0.507 e. The van der Waals surface area contributed by atoms with Gasteiger partial charge in [0.05, 0.1) is 17.4 Å². The number of phenolic OH excluding ortho intramolecular Hbond substituents is 1. The first-order chi connectivity index (χ1) is 8.99. The Morgan fingerprint density at radius 2 is 2.05 bits per heavy atom. The molecule has 0 unspecified atom stereocenters. The second-order valence-corrected chi connectivity index (χ2v) is 4.63. The molecule has 0 saturated carbocycles. The molecule has 0 atom stereocenters. The molecule has 4 nitrogen and oxygen atoms in total. The number of nitrogens with one attached hydrogen (secondary N) is 1. The zero-order chi connectivity index (χ0) is 14.0. The zero-order valence-corrected chi connectivity index (χ0v) is 11.3. The minimum atomic E-state index is -0.381. The van der Waals surface area contributed by atoms with Crippen LogP contribution in [0.25, 0.3) is 0 Å². The third-order valence-corrected chi connectivity index (χ3v) is 3.01. The summed E-state index contributed by atoms with van der Waals surface area (Å²) < 4.78 is 0. The fourth-order valence-corrected chi connectivity index (χ4v) is 1.90. The standard InChI is InChI=1S/C14H13ClN2O2/c1-8-4-3-5-10(13(8)18)14(19)17-11-7-16-12(15)6-9(11)2/h3-7,18H,1-2H3,(H,17,19). The van der Waals surface area contributed by atoms with Crippen LogP contribution in [0.2, 0.25) is 5.15 Å². The Morgan fingerprint density at radius 3 is 2.74 bits per heavy atom. The Bertz CT molecular complexity index is 641. The quantitative estimate of drug-likeness (QED) is 0.827. The second-order valence-electron chi connectivity index (χ2n) is 4.25. The highest BCUT2D eigenvalue weighted by molar-refractivity contribution is 6.29. The number of aromatic nitrogens is 1. The van der Waals surface area contributed by atoms with Crippen LogP contribution in [-0.4, -0.2) is 16.0 Å². The molecule has 1 heterocycles.